The number of hydrogen-bond donors (Lipinski definition) is 5. The number of carbonyl (C=O) groups is 1. The summed E-state index contributed by atoms with van der Waals surface area (Å²) in [5.41, 5.74) is -1.75. The number of aliphatic hydroxyl groups is 4. The highest BCUT2D eigenvalue weighted by Crippen LogP contribution is 2.29. The van der Waals surface area contributed by atoms with Crippen LogP contribution in [0.1, 0.15) is 6.92 Å². The first-order valence-electron chi connectivity index (χ1n) is 5.23. The monoisotopic (exact) mass is 289 g/mol. The third kappa shape index (κ3) is 3.15. The highest BCUT2D eigenvalue weighted by atomic mass is 19.4. The normalized spacial score (nSPS) is 40.0. The predicted molar refractivity (Wildman–Crippen MR) is 52.6 cm³/mol. The molecule has 0 aromatic heterocycles. The van der Waals surface area contributed by atoms with Crippen LogP contribution in [0.25, 0.3) is 0 Å². The van der Waals surface area contributed by atoms with Crippen LogP contribution in [0.4, 0.5) is 13.2 Å². The quantitative estimate of drug-likeness (QED) is 0.395. The molecule has 5 atom stereocenters. The zero-order valence-electron chi connectivity index (χ0n) is 9.76. The van der Waals surface area contributed by atoms with Gasteiger partial charge in [0.15, 0.2) is 6.29 Å². The van der Waals surface area contributed by atoms with Crippen molar-refractivity contribution in [1.29, 1.82) is 0 Å². The molecule has 1 heterocycles. The second-order valence-electron chi connectivity index (χ2n) is 4.41. The molecule has 1 saturated heterocycles. The molecule has 0 unspecified atom stereocenters. The highest BCUT2D eigenvalue weighted by molar-refractivity contribution is 5.82. The lowest BCUT2D eigenvalue weighted by atomic mass is 9.87. The molecule has 0 aliphatic carbocycles. The maximum Gasteiger partial charge on any atom is 0.471 e. The molecule has 1 aliphatic heterocycles. The summed E-state index contributed by atoms with van der Waals surface area (Å²) in [6.07, 6.45) is -10.9. The number of aliphatic hydroxyl groups excluding tert-OH is 4. The van der Waals surface area contributed by atoms with E-state index in [0.29, 0.717) is 0 Å². The fraction of sp³-hybridized carbons (Fsp3) is 0.889. The van der Waals surface area contributed by atoms with Crippen LogP contribution in [-0.4, -0.2) is 69.3 Å². The van der Waals surface area contributed by atoms with Gasteiger partial charge in [0, 0.05) is 0 Å². The lowest BCUT2D eigenvalue weighted by molar-refractivity contribution is -0.295. The van der Waals surface area contributed by atoms with Gasteiger partial charge in [-0.25, -0.2) is 0 Å². The fourth-order valence-corrected chi connectivity index (χ4v) is 1.67. The summed E-state index contributed by atoms with van der Waals surface area (Å²) in [5.74, 6) is -2.39. The number of carbonyl (C=O) groups excluding carboxylic acids is 1. The van der Waals surface area contributed by atoms with Crippen LogP contribution in [0.3, 0.4) is 0 Å². The number of rotatable bonds is 2. The minimum absolute atomic E-state index is 0.789. The molecule has 0 spiro atoms. The Labute approximate surface area is 105 Å². The van der Waals surface area contributed by atoms with Gasteiger partial charge in [-0.1, -0.05) is 0 Å². The summed E-state index contributed by atoms with van der Waals surface area (Å²) >= 11 is 0. The van der Waals surface area contributed by atoms with Gasteiger partial charge in [-0.05, 0) is 6.92 Å². The van der Waals surface area contributed by atoms with Crippen molar-refractivity contribution < 1.29 is 43.1 Å². The lowest BCUT2D eigenvalue weighted by Crippen LogP contribution is -2.69. The van der Waals surface area contributed by atoms with Gasteiger partial charge in [-0.15, -0.1) is 0 Å². The van der Waals surface area contributed by atoms with Crippen LogP contribution in [0.2, 0.25) is 0 Å². The van der Waals surface area contributed by atoms with E-state index in [9.17, 15) is 33.3 Å². The number of amides is 1. The van der Waals surface area contributed by atoms with Crippen molar-refractivity contribution in [3.8, 4) is 0 Å². The van der Waals surface area contributed by atoms with E-state index in [1.54, 1.807) is 0 Å². The molecule has 1 aliphatic rings. The number of alkyl halides is 3. The molecule has 0 aromatic carbocycles. The van der Waals surface area contributed by atoms with Gasteiger partial charge in [0.1, 0.15) is 23.9 Å². The Morgan fingerprint density at radius 2 is 1.89 bits per heavy atom. The predicted octanol–water partition coefficient (Wildman–Crippen LogP) is -2.15. The minimum atomic E-state index is -5.21. The zero-order chi connectivity index (χ0) is 15.0. The van der Waals surface area contributed by atoms with Crippen molar-refractivity contribution in [3.05, 3.63) is 0 Å². The molecule has 19 heavy (non-hydrogen) atoms. The third-order valence-electron chi connectivity index (χ3n) is 2.88. The molecule has 112 valence electrons. The van der Waals surface area contributed by atoms with E-state index in [0.717, 1.165) is 6.92 Å². The van der Waals surface area contributed by atoms with E-state index in [-0.39, 0.29) is 0 Å². The topological polar surface area (TPSA) is 119 Å². The van der Waals surface area contributed by atoms with Gasteiger partial charge in [-0.2, -0.15) is 13.2 Å². The Morgan fingerprint density at radius 3 is 2.32 bits per heavy atom. The molecule has 0 aromatic rings. The van der Waals surface area contributed by atoms with E-state index < -0.39 is 48.8 Å². The molecule has 1 amide bonds. The Bertz CT molecular complexity index is 351. The van der Waals surface area contributed by atoms with Crippen molar-refractivity contribution in [3.63, 3.8) is 0 Å². The molecular weight excluding hydrogens is 275 g/mol. The van der Waals surface area contributed by atoms with Gasteiger partial charge >= 0.3 is 12.1 Å². The Balaban J connectivity index is 2.85. The van der Waals surface area contributed by atoms with Gasteiger partial charge in [0.25, 0.3) is 0 Å². The number of halogens is 3. The molecule has 1 rings (SSSR count). The van der Waals surface area contributed by atoms with Gasteiger partial charge in [0.05, 0.1) is 6.61 Å². The number of hydrogen-bond acceptors (Lipinski definition) is 6. The van der Waals surface area contributed by atoms with Gasteiger partial charge in [-0.3, -0.25) is 4.79 Å². The minimum Gasteiger partial charge on any atom is -0.393 e. The molecule has 7 nitrogen and oxygen atoms in total. The van der Waals surface area contributed by atoms with Crippen molar-refractivity contribution >= 4 is 5.91 Å². The molecule has 0 radical (unpaired) electrons. The lowest BCUT2D eigenvalue weighted by Gasteiger charge is -2.46. The third-order valence-corrected chi connectivity index (χ3v) is 2.88. The summed E-state index contributed by atoms with van der Waals surface area (Å²) in [5, 5.41) is 39.0. The van der Waals surface area contributed by atoms with E-state index in [1.807, 2.05) is 0 Å². The molecule has 0 saturated carbocycles. The van der Waals surface area contributed by atoms with Gasteiger partial charge in [0.2, 0.25) is 0 Å². The highest BCUT2D eigenvalue weighted by Gasteiger charge is 2.52. The molecule has 10 heteroatoms. The molecule has 1 fully saturated rings. The van der Waals surface area contributed by atoms with Crippen molar-refractivity contribution in [2.45, 2.75) is 43.2 Å². The van der Waals surface area contributed by atoms with Crippen LogP contribution in [-0.2, 0) is 9.53 Å². The number of ether oxygens (including phenoxy) is 1. The average Bonchev–Trinajstić information content (AvgIpc) is 2.30. The first-order chi connectivity index (χ1) is 8.53. The first kappa shape index (κ1) is 16.1. The summed E-state index contributed by atoms with van der Waals surface area (Å²) in [6, 6.07) is -1.87. The Hall–Kier alpha value is -0.940. The Morgan fingerprint density at radius 1 is 1.37 bits per heavy atom. The second kappa shape index (κ2) is 5.21. The zero-order valence-corrected chi connectivity index (χ0v) is 9.76. The maximum absolute atomic E-state index is 12.1. The summed E-state index contributed by atoms with van der Waals surface area (Å²) < 4.78 is 40.9. The van der Waals surface area contributed by atoms with Crippen LogP contribution >= 0.6 is 0 Å². The van der Waals surface area contributed by atoms with Crippen LogP contribution < -0.4 is 5.32 Å². The molecule has 0 bridgehead atoms. The largest absolute Gasteiger partial charge is 0.471 e. The van der Waals surface area contributed by atoms with Gasteiger partial charge < -0.3 is 30.5 Å². The Kier molecular flexibility index (Phi) is 4.42. The van der Waals surface area contributed by atoms with Crippen LogP contribution in [0.15, 0.2) is 0 Å². The summed E-state index contributed by atoms with van der Waals surface area (Å²) in [6.45, 7) is 0.355. The second-order valence-corrected chi connectivity index (χ2v) is 4.41. The van der Waals surface area contributed by atoms with E-state index in [2.05, 4.69) is 0 Å². The SMILES string of the molecule is C[C@]1(CO)O[C@H](O)[C@H](NC(=O)C(F)(F)F)[C@@H](O)[C@H]1O. The van der Waals surface area contributed by atoms with E-state index in [4.69, 9.17) is 9.84 Å². The van der Waals surface area contributed by atoms with Crippen molar-refractivity contribution in [2.75, 3.05) is 6.61 Å². The van der Waals surface area contributed by atoms with Crippen LogP contribution in [0.5, 0.6) is 0 Å². The van der Waals surface area contributed by atoms with E-state index in [1.165, 1.54) is 5.32 Å². The standard InChI is InChI=1S/C9H14F3NO6/c1-8(2-14)5(16)4(15)3(6(17)19-8)13-7(18)9(10,11)12/h3-6,14-17H,2H2,1H3,(H,13,18)/t3-,4-,5-,6+,8-/m1/s1. The van der Waals surface area contributed by atoms with Crippen LogP contribution in [0, 0.1) is 0 Å². The molecule has 5 N–H and O–H groups in total. The van der Waals surface area contributed by atoms with Crippen molar-refractivity contribution in [1.82, 2.24) is 5.32 Å². The summed E-state index contributed by atoms with van der Waals surface area (Å²) in [4.78, 5) is 10.7. The smallest absolute Gasteiger partial charge is 0.393 e. The van der Waals surface area contributed by atoms with E-state index >= 15 is 0 Å². The number of nitrogens with one attached hydrogen (secondary N) is 1. The first-order valence-corrected chi connectivity index (χ1v) is 5.23. The average molecular weight is 289 g/mol. The molecular formula is C9H14F3NO6. The maximum atomic E-state index is 12.1. The van der Waals surface area contributed by atoms with Crippen molar-refractivity contribution in [2.24, 2.45) is 0 Å². The fourth-order valence-electron chi connectivity index (χ4n) is 1.67. The summed E-state index contributed by atoms with van der Waals surface area (Å²) in [7, 11) is 0.